The van der Waals surface area contributed by atoms with Crippen molar-refractivity contribution in [2.45, 2.75) is 0 Å². The first-order chi connectivity index (χ1) is 8.99. The Labute approximate surface area is 118 Å². The SMILES string of the molecule is CN(c1ccc(F)cc1)c1ccc(C(=O)O)c(Br)c1. The molecule has 0 fully saturated rings. The van der Waals surface area contributed by atoms with Crippen molar-refractivity contribution >= 4 is 33.3 Å². The maximum Gasteiger partial charge on any atom is 0.336 e. The summed E-state index contributed by atoms with van der Waals surface area (Å²) in [6.07, 6.45) is 0. The smallest absolute Gasteiger partial charge is 0.336 e. The van der Waals surface area contributed by atoms with Crippen LogP contribution in [-0.2, 0) is 0 Å². The minimum absolute atomic E-state index is 0.205. The van der Waals surface area contributed by atoms with Crippen molar-refractivity contribution < 1.29 is 14.3 Å². The van der Waals surface area contributed by atoms with Crippen LogP contribution >= 0.6 is 15.9 Å². The van der Waals surface area contributed by atoms with Gasteiger partial charge in [-0.3, -0.25) is 0 Å². The van der Waals surface area contributed by atoms with Gasteiger partial charge in [0.1, 0.15) is 5.82 Å². The fourth-order valence-electron chi connectivity index (χ4n) is 1.70. The van der Waals surface area contributed by atoms with Crippen molar-refractivity contribution in [2.24, 2.45) is 0 Å². The number of rotatable bonds is 3. The van der Waals surface area contributed by atoms with Crippen LogP contribution in [0.4, 0.5) is 15.8 Å². The Hall–Kier alpha value is -1.88. The molecular weight excluding hydrogens is 313 g/mol. The van der Waals surface area contributed by atoms with Gasteiger partial charge in [0.2, 0.25) is 0 Å². The van der Waals surface area contributed by atoms with Crippen LogP contribution in [0.5, 0.6) is 0 Å². The van der Waals surface area contributed by atoms with E-state index in [1.165, 1.54) is 18.2 Å². The maximum atomic E-state index is 12.9. The monoisotopic (exact) mass is 323 g/mol. The quantitative estimate of drug-likeness (QED) is 0.926. The highest BCUT2D eigenvalue weighted by Crippen LogP contribution is 2.28. The van der Waals surface area contributed by atoms with E-state index in [1.807, 2.05) is 11.9 Å². The standard InChI is InChI=1S/C14H11BrFNO2/c1-17(10-4-2-9(16)3-5-10)11-6-7-12(14(18)19)13(15)8-11/h2-8H,1H3,(H,18,19). The second-order valence-corrected chi connectivity index (χ2v) is 4.86. The molecule has 0 unspecified atom stereocenters. The molecule has 98 valence electrons. The highest BCUT2D eigenvalue weighted by Gasteiger charge is 2.11. The van der Waals surface area contributed by atoms with E-state index in [1.54, 1.807) is 24.3 Å². The van der Waals surface area contributed by atoms with Gasteiger partial charge in [-0.1, -0.05) is 0 Å². The van der Waals surface area contributed by atoms with Crippen LogP contribution < -0.4 is 4.90 Å². The van der Waals surface area contributed by atoms with Gasteiger partial charge >= 0.3 is 5.97 Å². The average molecular weight is 324 g/mol. The lowest BCUT2D eigenvalue weighted by molar-refractivity contribution is 0.0696. The molecule has 0 amide bonds. The Morgan fingerprint density at radius 3 is 2.26 bits per heavy atom. The molecule has 0 atom stereocenters. The Bertz CT molecular complexity index is 613. The summed E-state index contributed by atoms with van der Waals surface area (Å²) in [4.78, 5) is 12.8. The Morgan fingerprint density at radius 2 is 1.74 bits per heavy atom. The normalized spacial score (nSPS) is 10.3. The topological polar surface area (TPSA) is 40.5 Å². The van der Waals surface area contributed by atoms with E-state index in [0.717, 1.165) is 11.4 Å². The van der Waals surface area contributed by atoms with E-state index in [0.29, 0.717) is 4.47 Å². The summed E-state index contributed by atoms with van der Waals surface area (Å²) >= 11 is 3.23. The minimum atomic E-state index is -0.983. The van der Waals surface area contributed by atoms with Gasteiger partial charge in [0.05, 0.1) is 5.56 Å². The summed E-state index contributed by atoms with van der Waals surface area (Å²) in [6.45, 7) is 0. The molecule has 19 heavy (non-hydrogen) atoms. The number of carbonyl (C=O) groups is 1. The summed E-state index contributed by atoms with van der Waals surface area (Å²) in [7, 11) is 1.83. The van der Waals surface area contributed by atoms with Crippen molar-refractivity contribution in [3.8, 4) is 0 Å². The second-order valence-electron chi connectivity index (χ2n) is 4.00. The Kier molecular flexibility index (Phi) is 3.85. The number of hydrogen-bond donors (Lipinski definition) is 1. The zero-order valence-electron chi connectivity index (χ0n) is 10.1. The molecule has 0 aromatic heterocycles. The number of anilines is 2. The molecule has 0 saturated carbocycles. The highest BCUT2D eigenvalue weighted by atomic mass is 79.9. The molecule has 0 aliphatic heterocycles. The molecule has 1 N–H and O–H groups in total. The molecular formula is C14H11BrFNO2. The van der Waals surface area contributed by atoms with Crippen molar-refractivity contribution in [1.82, 2.24) is 0 Å². The van der Waals surface area contributed by atoms with E-state index in [9.17, 15) is 9.18 Å². The lowest BCUT2D eigenvalue weighted by Gasteiger charge is -2.20. The van der Waals surface area contributed by atoms with Gasteiger partial charge in [-0.15, -0.1) is 0 Å². The van der Waals surface area contributed by atoms with E-state index >= 15 is 0 Å². The van der Waals surface area contributed by atoms with Crippen LogP contribution in [0.15, 0.2) is 46.9 Å². The molecule has 0 radical (unpaired) electrons. The molecule has 0 saturated heterocycles. The third-order valence-corrected chi connectivity index (χ3v) is 3.44. The van der Waals surface area contributed by atoms with Gasteiger partial charge < -0.3 is 10.0 Å². The van der Waals surface area contributed by atoms with Crippen molar-refractivity contribution in [3.63, 3.8) is 0 Å². The number of aromatic carboxylic acids is 1. The lowest BCUT2D eigenvalue weighted by Crippen LogP contribution is -2.10. The highest BCUT2D eigenvalue weighted by molar-refractivity contribution is 9.10. The largest absolute Gasteiger partial charge is 0.478 e. The first-order valence-corrected chi connectivity index (χ1v) is 6.30. The van der Waals surface area contributed by atoms with Crippen LogP contribution in [0.3, 0.4) is 0 Å². The van der Waals surface area contributed by atoms with E-state index in [4.69, 9.17) is 5.11 Å². The zero-order chi connectivity index (χ0) is 14.0. The van der Waals surface area contributed by atoms with Gasteiger partial charge in [-0.2, -0.15) is 0 Å². The van der Waals surface area contributed by atoms with Crippen molar-refractivity contribution in [1.29, 1.82) is 0 Å². The van der Waals surface area contributed by atoms with Gasteiger partial charge in [0.15, 0.2) is 0 Å². The zero-order valence-corrected chi connectivity index (χ0v) is 11.7. The average Bonchev–Trinajstić information content (AvgIpc) is 2.38. The van der Waals surface area contributed by atoms with E-state index in [-0.39, 0.29) is 11.4 Å². The predicted octanol–water partition coefficient (Wildman–Crippen LogP) is 4.05. The minimum Gasteiger partial charge on any atom is -0.478 e. The van der Waals surface area contributed by atoms with Crippen LogP contribution in [0.2, 0.25) is 0 Å². The fourth-order valence-corrected chi connectivity index (χ4v) is 2.24. The van der Waals surface area contributed by atoms with Crippen LogP contribution in [0.1, 0.15) is 10.4 Å². The summed E-state index contributed by atoms with van der Waals surface area (Å²) in [5.74, 6) is -1.28. The maximum absolute atomic E-state index is 12.9. The number of halogens is 2. The van der Waals surface area contributed by atoms with Crippen LogP contribution in [0.25, 0.3) is 0 Å². The molecule has 0 aliphatic carbocycles. The molecule has 5 heteroatoms. The van der Waals surface area contributed by atoms with Gasteiger partial charge in [0.25, 0.3) is 0 Å². The number of hydrogen-bond acceptors (Lipinski definition) is 2. The lowest BCUT2D eigenvalue weighted by atomic mass is 10.2. The van der Waals surface area contributed by atoms with Gasteiger partial charge in [-0.05, 0) is 58.4 Å². The number of nitrogens with zero attached hydrogens (tertiary/aromatic N) is 1. The molecule has 0 spiro atoms. The number of benzene rings is 2. The van der Waals surface area contributed by atoms with E-state index in [2.05, 4.69) is 15.9 Å². The summed E-state index contributed by atoms with van der Waals surface area (Å²) in [5.41, 5.74) is 1.83. The van der Waals surface area contributed by atoms with Gasteiger partial charge in [0, 0.05) is 22.9 Å². The third-order valence-electron chi connectivity index (χ3n) is 2.78. The van der Waals surface area contributed by atoms with Crippen LogP contribution in [-0.4, -0.2) is 18.1 Å². The van der Waals surface area contributed by atoms with Gasteiger partial charge in [-0.25, -0.2) is 9.18 Å². The Balaban J connectivity index is 2.34. The van der Waals surface area contributed by atoms with E-state index < -0.39 is 5.97 Å². The molecule has 2 rings (SSSR count). The number of carboxylic acid groups (broad SMARTS) is 1. The molecule has 2 aromatic carbocycles. The molecule has 0 aliphatic rings. The summed E-state index contributed by atoms with van der Waals surface area (Å²) in [6, 6.07) is 11.0. The Morgan fingerprint density at radius 1 is 1.16 bits per heavy atom. The number of carboxylic acids is 1. The molecule has 0 heterocycles. The predicted molar refractivity (Wildman–Crippen MR) is 75.6 cm³/mol. The van der Waals surface area contributed by atoms with Crippen molar-refractivity contribution in [3.05, 3.63) is 58.3 Å². The fraction of sp³-hybridized carbons (Fsp3) is 0.0714. The summed E-state index contributed by atoms with van der Waals surface area (Å²) < 4.78 is 13.4. The molecule has 3 nitrogen and oxygen atoms in total. The third kappa shape index (κ3) is 2.93. The van der Waals surface area contributed by atoms with Crippen molar-refractivity contribution in [2.75, 3.05) is 11.9 Å². The first-order valence-electron chi connectivity index (χ1n) is 5.51. The summed E-state index contributed by atoms with van der Waals surface area (Å²) in [5, 5.41) is 8.96. The van der Waals surface area contributed by atoms with Crippen LogP contribution in [0, 0.1) is 5.82 Å². The first kappa shape index (κ1) is 13.5. The molecule has 2 aromatic rings. The second kappa shape index (κ2) is 5.40. The molecule has 0 bridgehead atoms.